The number of nitrogens with zero attached hydrogens (tertiary/aromatic N) is 1. The quantitative estimate of drug-likeness (QED) is 0.277. The maximum absolute atomic E-state index is 13.2. The van der Waals surface area contributed by atoms with E-state index < -0.39 is 27.8 Å². The molecule has 1 spiro atoms. The topological polar surface area (TPSA) is 140 Å². The van der Waals surface area contributed by atoms with Gasteiger partial charge in [0, 0.05) is 19.6 Å². The fraction of sp³-hybridized carbons (Fsp3) is 0.786. The van der Waals surface area contributed by atoms with E-state index >= 15 is 0 Å². The van der Waals surface area contributed by atoms with Crippen LogP contribution in [0.1, 0.15) is 72.6 Å². The fourth-order valence-corrected chi connectivity index (χ4v) is 9.42. The van der Waals surface area contributed by atoms with Gasteiger partial charge in [-0.2, -0.15) is 0 Å². The molecule has 3 unspecified atom stereocenters. The summed E-state index contributed by atoms with van der Waals surface area (Å²) in [5.74, 6) is -1.39. The zero-order valence-electron chi connectivity index (χ0n) is 24.9. The Morgan fingerprint density at radius 2 is 1.54 bits per heavy atom. The molecule has 2 bridgehead atoms. The largest absolute Gasteiger partial charge is 1.00 e. The predicted molar refractivity (Wildman–Crippen MR) is 146 cm³/mol. The number of sulfonamides is 1. The van der Waals surface area contributed by atoms with Gasteiger partial charge in [0.25, 0.3) is 0 Å². The molecule has 3 fully saturated rings. The molecule has 7 atom stereocenters. The van der Waals surface area contributed by atoms with Gasteiger partial charge in [-0.15, -0.1) is 13.2 Å². The van der Waals surface area contributed by atoms with Crippen molar-refractivity contribution in [3.63, 3.8) is 0 Å². The average Bonchev–Trinajstić information content (AvgIpc) is 3.32. The first-order valence-corrected chi connectivity index (χ1v) is 14.9. The van der Waals surface area contributed by atoms with E-state index in [-0.39, 0.29) is 65.1 Å². The van der Waals surface area contributed by atoms with Crippen LogP contribution in [-0.4, -0.2) is 73.4 Å². The monoisotopic (exact) mass is 565 g/mol. The summed E-state index contributed by atoms with van der Waals surface area (Å²) in [7, 11) is -0.443. The molecule has 0 aromatic heterocycles. The number of aliphatic carboxylic acids is 1. The van der Waals surface area contributed by atoms with Gasteiger partial charge in [0.2, 0.25) is 15.9 Å². The smallest absolute Gasteiger partial charge is 0.870 e. The molecule has 0 aromatic rings. The summed E-state index contributed by atoms with van der Waals surface area (Å²) in [5.41, 5.74) is -0.290. The van der Waals surface area contributed by atoms with E-state index in [2.05, 4.69) is 27.0 Å². The third-order valence-electron chi connectivity index (χ3n) is 9.44. The van der Waals surface area contributed by atoms with Crippen LogP contribution in [0.4, 0.5) is 0 Å². The molecular formula is C28H48LiNO8S. The van der Waals surface area contributed by atoms with E-state index in [1.165, 1.54) is 11.4 Å². The Morgan fingerprint density at radius 3 is 1.95 bits per heavy atom. The first kappa shape index (κ1) is 37.8. The molecule has 2 saturated carbocycles. The van der Waals surface area contributed by atoms with E-state index in [1.54, 1.807) is 33.1 Å². The van der Waals surface area contributed by atoms with E-state index in [4.69, 9.17) is 14.6 Å². The molecule has 2 N–H and O–H groups in total. The Hall–Kier alpha value is -1.15. The summed E-state index contributed by atoms with van der Waals surface area (Å²) in [6, 6.07) is -0.168. The van der Waals surface area contributed by atoms with Gasteiger partial charge in [0.1, 0.15) is 0 Å². The number of amides is 1. The maximum atomic E-state index is 13.2. The van der Waals surface area contributed by atoms with Crippen LogP contribution >= 0.6 is 0 Å². The molecule has 1 saturated heterocycles. The molecular weight excluding hydrogens is 517 g/mol. The molecule has 0 radical (unpaired) electrons. The fourth-order valence-electron chi connectivity index (χ4n) is 6.81. The van der Waals surface area contributed by atoms with Crippen molar-refractivity contribution >= 4 is 21.9 Å². The van der Waals surface area contributed by atoms with Gasteiger partial charge < -0.3 is 20.1 Å². The van der Waals surface area contributed by atoms with Gasteiger partial charge >= 0.3 is 24.8 Å². The summed E-state index contributed by atoms with van der Waals surface area (Å²) in [4.78, 5) is 23.7. The Kier molecular flexibility index (Phi) is 14.7. The van der Waals surface area contributed by atoms with E-state index in [9.17, 15) is 18.0 Å². The third kappa shape index (κ3) is 7.38. The van der Waals surface area contributed by atoms with Crippen molar-refractivity contribution in [1.82, 2.24) is 4.31 Å². The van der Waals surface area contributed by atoms with Crippen LogP contribution in [0.3, 0.4) is 0 Å². The number of carboxylic acid groups (broad SMARTS) is 1. The molecule has 1 amide bonds. The van der Waals surface area contributed by atoms with Crippen LogP contribution in [-0.2, 0) is 29.1 Å². The van der Waals surface area contributed by atoms with Gasteiger partial charge in [0.05, 0.1) is 35.8 Å². The van der Waals surface area contributed by atoms with Crippen LogP contribution in [0.2, 0.25) is 0 Å². The van der Waals surface area contributed by atoms with Crippen molar-refractivity contribution in [2.75, 3.05) is 20.0 Å². The number of carbonyl (C=O) groups is 2. The number of fused-ring (bicyclic) bond motifs is 1. The number of methoxy groups -OCH3 is 2. The second kappa shape index (κ2) is 15.2. The Bertz CT molecular complexity index is 955. The van der Waals surface area contributed by atoms with Crippen molar-refractivity contribution in [2.24, 2.45) is 28.6 Å². The second-order valence-electron chi connectivity index (χ2n) is 11.5. The first-order chi connectivity index (χ1) is 17.2. The number of carboxylic acids is 1. The van der Waals surface area contributed by atoms with Gasteiger partial charge in [-0.05, 0) is 63.2 Å². The number of allylic oxidation sites excluding steroid dienone is 2. The summed E-state index contributed by atoms with van der Waals surface area (Å²) in [6.07, 6.45) is 8.79. The van der Waals surface area contributed by atoms with Crippen LogP contribution in [0, 0.1) is 28.6 Å². The minimum Gasteiger partial charge on any atom is -0.870 e. The second-order valence-corrected chi connectivity index (χ2v) is 13.3. The number of ether oxygens (including phenoxy) is 2. The van der Waals surface area contributed by atoms with E-state index in [0.29, 0.717) is 18.8 Å². The molecule has 0 aromatic carbocycles. The van der Waals surface area contributed by atoms with Crippen LogP contribution < -0.4 is 18.9 Å². The molecule has 39 heavy (non-hydrogen) atoms. The Balaban J connectivity index is 0.000000888. The molecule has 1 aliphatic heterocycles. The van der Waals surface area contributed by atoms with Gasteiger partial charge in [-0.1, -0.05) is 32.9 Å². The van der Waals surface area contributed by atoms with Crippen molar-refractivity contribution < 1.29 is 56.9 Å². The van der Waals surface area contributed by atoms with E-state index in [0.717, 1.165) is 32.1 Å². The third-order valence-corrected chi connectivity index (χ3v) is 11.4. The summed E-state index contributed by atoms with van der Waals surface area (Å²) in [6.45, 7) is 15.1. The standard InChI is InChI=1S/C19H31NO4S.C9H16O3.Li.H2O/c1-6-7-8-15(24-5)13(2)17(21)20-16-11-14-9-10-19(16,18(14,3)4)12-25(20,22)23;1-4-5-6-8(12-3)7(2)9(10)11;;/h6,13-16H,1,7-12H2,2-5H3;4,7-8H,1,5-6H2,2-3H3,(H,10,11);;1H2/q;;+1;/p-1/t13-,14?,15-,16?,19?;7-,8-;;/m11../s1. The molecule has 220 valence electrons. The first-order valence-electron chi connectivity index (χ1n) is 13.3. The summed E-state index contributed by atoms with van der Waals surface area (Å²) >= 11 is 0. The van der Waals surface area contributed by atoms with Gasteiger partial charge in [-0.3, -0.25) is 9.59 Å². The minimum absolute atomic E-state index is 0. The van der Waals surface area contributed by atoms with Crippen molar-refractivity contribution in [3.05, 3.63) is 25.3 Å². The predicted octanol–water partition coefficient (Wildman–Crippen LogP) is 1.49. The Morgan fingerprint density at radius 1 is 1.05 bits per heavy atom. The molecule has 3 rings (SSSR count). The molecule has 1 heterocycles. The van der Waals surface area contributed by atoms with Gasteiger partial charge in [0.15, 0.2) is 0 Å². The van der Waals surface area contributed by atoms with Crippen LogP contribution in [0.15, 0.2) is 25.3 Å². The summed E-state index contributed by atoms with van der Waals surface area (Å²) in [5, 5.41) is 8.68. The normalized spacial score (nSPS) is 28.3. The number of rotatable bonds is 12. The average molecular weight is 566 g/mol. The minimum atomic E-state index is -3.56. The van der Waals surface area contributed by atoms with Crippen molar-refractivity contribution in [3.8, 4) is 0 Å². The van der Waals surface area contributed by atoms with Crippen LogP contribution in [0.5, 0.6) is 0 Å². The van der Waals surface area contributed by atoms with E-state index in [1.807, 2.05) is 0 Å². The van der Waals surface area contributed by atoms with Crippen molar-refractivity contribution in [2.45, 2.75) is 90.9 Å². The molecule has 2 aliphatic carbocycles. The number of hydrogen-bond acceptors (Lipinski definition) is 7. The molecule has 11 heteroatoms. The van der Waals surface area contributed by atoms with Gasteiger partial charge in [-0.25, -0.2) is 12.7 Å². The zero-order chi connectivity index (χ0) is 28.2. The van der Waals surface area contributed by atoms with Crippen LogP contribution in [0.25, 0.3) is 0 Å². The van der Waals surface area contributed by atoms with Crippen molar-refractivity contribution in [1.29, 1.82) is 0 Å². The number of carbonyl (C=O) groups excluding carboxylic acids is 1. The molecule has 9 nitrogen and oxygen atoms in total. The Labute approximate surface area is 247 Å². The molecule has 3 aliphatic rings. The summed E-state index contributed by atoms with van der Waals surface area (Å²) < 4.78 is 37.7. The SMILES string of the molecule is C=CCC[C@@H](OC)[C@@H](C)C(=O)N1C2CC3CCC2(CS1(=O)=O)C3(C)C.C=CCC[C@@H](OC)[C@@H](C)C(=O)O.[Li+].[OH-]. The zero-order valence-corrected chi connectivity index (χ0v) is 25.7. The number of hydrogen-bond donors (Lipinski definition) is 1. The maximum Gasteiger partial charge on any atom is 1.00 e.